The summed E-state index contributed by atoms with van der Waals surface area (Å²) in [6.07, 6.45) is 0.00534. The van der Waals surface area contributed by atoms with E-state index in [2.05, 4.69) is 15.6 Å². The molecule has 2 N–H and O–H groups in total. The van der Waals surface area contributed by atoms with Gasteiger partial charge in [-0.2, -0.15) is 0 Å². The number of nitrogens with one attached hydrogen (secondary N) is 2. The summed E-state index contributed by atoms with van der Waals surface area (Å²) < 4.78 is 14.1. The summed E-state index contributed by atoms with van der Waals surface area (Å²) in [5, 5.41) is 3.33. The van der Waals surface area contributed by atoms with Crippen LogP contribution in [0.5, 0.6) is 0 Å². The molecule has 0 spiro atoms. The SMILES string of the molecule is Cc1ccnc(C(C)C)c1N1C(=O)NC(=O)C2CC(F)C(Cl)NC21Cl. The van der Waals surface area contributed by atoms with Gasteiger partial charge in [-0.3, -0.25) is 25.3 Å². The van der Waals surface area contributed by atoms with Gasteiger partial charge in [0.2, 0.25) is 5.91 Å². The van der Waals surface area contributed by atoms with Crippen molar-refractivity contribution in [3.8, 4) is 0 Å². The molecule has 4 atom stereocenters. The first-order chi connectivity index (χ1) is 11.7. The average Bonchev–Trinajstić information content (AvgIpc) is 2.51. The van der Waals surface area contributed by atoms with E-state index in [-0.39, 0.29) is 12.3 Å². The lowest BCUT2D eigenvalue weighted by atomic mass is 9.89. The maximum absolute atomic E-state index is 14.1. The molecular weight excluding hydrogens is 370 g/mol. The van der Waals surface area contributed by atoms with Gasteiger partial charge in [0.15, 0.2) is 5.12 Å². The van der Waals surface area contributed by atoms with Gasteiger partial charge in [0, 0.05) is 6.20 Å². The number of pyridine rings is 1. The Labute approximate surface area is 155 Å². The fourth-order valence-corrected chi connectivity index (χ4v) is 4.12. The van der Waals surface area contributed by atoms with Crippen molar-refractivity contribution >= 4 is 40.8 Å². The molecular formula is C16H19Cl2FN4O2. The fraction of sp³-hybridized carbons (Fsp3) is 0.562. The summed E-state index contributed by atoms with van der Waals surface area (Å²) >= 11 is 12.7. The first-order valence-electron chi connectivity index (χ1n) is 8.02. The van der Waals surface area contributed by atoms with Crippen LogP contribution < -0.4 is 15.5 Å². The molecule has 0 aromatic carbocycles. The average molecular weight is 389 g/mol. The number of carbonyl (C=O) groups excluding carboxylic acids is 2. The smallest absolute Gasteiger partial charge is 0.277 e. The van der Waals surface area contributed by atoms with Gasteiger partial charge in [-0.25, -0.2) is 9.18 Å². The number of fused-ring (bicyclic) bond motifs is 1. The number of hydrogen-bond donors (Lipinski definition) is 2. The van der Waals surface area contributed by atoms with Crippen molar-refractivity contribution in [2.45, 2.75) is 49.9 Å². The van der Waals surface area contributed by atoms with Gasteiger partial charge in [0.05, 0.1) is 17.3 Å². The summed E-state index contributed by atoms with van der Waals surface area (Å²) in [4.78, 5) is 30.6. The number of urea groups is 1. The standard InChI is InChI=1S/C16H19Cl2FN4O2/c1-7(2)11-12(8(3)4-5-20-11)23-15(25)21-14(24)9-6-10(19)13(17)22-16(9,23)18/h4-5,7,9-10,13,22H,6H2,1-3H3,(H,21,24,25). The molecule has 2 saturated heterocycles. The van der Waals surface area contributed by atoms with E-state index in [4.69, 9.17) is 23.2 Å². The molecule has 2 fully saturated rings. The van der Waals surface area contributed by atoms with Crippen LogP contribution in [0.2, 0.25) is 0 Å². The molecule has 3 rings (SSSR count). The van der Waals surface area contributed by atoms with Gasteiger partial charge in [0.25, 0.3) is 0 Å². The van der Waals surface area contributed by atoms with Crippen LogP contribution in [-0.4, -0.2) is 33.7 Å². The van der Waals surface area contributed by atoms with E-state index >= 15 is 0 Å². The highest BCUT2D eigenvalue weighted by molar-refractivity contribution is 6.32. The van der Waals surface area contributed by atoms with Crippen molar-refractivity contribution < 1.29 is 14.0 Å². The number of hydrogen-bond acceptors (Lipinski definition) is 4. The van der Waals surface area contributed by atoms with Crippen LogP contribution in [-0.2, 0) is 4.79 Å². The predicted molar refractivity (Wildman–Crippen MR) is 93.4 cm³/mol. The minimum atomic E-state index is -1.66. The third kappa shape index (κ3) is 2.88. The van der Waals surface area contributed by atoms with E-state index in [1.807, 2.05) is 20.8 Å². The fourth-order valence-electron chi connectivity index (χ4n) is 3.33. The summed E-state index contributed by atoms with van der Waals surface area (Å²) in [6, 6.07) is 1.06. The monoisotopic (exact) mass is 388 g/mol. The molecule has 2 aliphatic heterocycles. The summed E-state index contributed by atoms with van der Waals surface area (Å²) in [7, 11) is 0. The van der Waals surface area contributed by atoms with Crippen LogP contribution in [0, 0.1) is 12.8 Å². The second-order valence-corrected chi connectivity index (χ2v) is 7.72. The van der Waals surface area contributed by atoms with E-state index < -0.39 is 34.7 Å². The Morgan fingerprint density at radius 1 is 1.44 bits per heavy atom. The summed E-state index contributed by atoms with van der Waals surface area (Å²) in [5.74, 6) is -1.61. The molecule has 3 heterocycles. The topological polar surface area (TPSA) is 74.3 Å². The van der Waals surface area contributed by atoms with E-state index in [1.165, 1.54) is 4.90 Å². The van der Waals surface area contributed by atoms with Gasteiger partial charge >= 0.3 is 6.03 Å². The predicted octanol–water partition coefficient (Wildman–Crippen LogP) is 2.97. The molecule has 0 bridgehead atoms. The molecule has 4 unspecified atom stereocenters. The zero-order valence-corrected chi connectivity index (χ0v) is 15.5. The number of halogens is 3. The van der Waals surface area contributed by atoms with Crippen LogP contribution in [0.25, 0.3) is 0 Å². The second kappa shape index (κ2) is 6.37. The maximum Gasteiger partial charge on any atom is 0.331 e. The summed E-state index contributed by atoms with van der Waals surface area (Å²) in [6.45, 7) is 5.70. The quantitative estimate of drug-likeness (QED) is 0.603. The summed E-state index contributed by atoms with van der Waals surface area (Å²) in [5.41, 5.74) is 0.793. The molecule has 3 amide bonds. The molecule has 136 valence electrons. The number of imide groups is 1. The molecule has 0 aliphatic carbocycles. The first-order valence-corrected chi connectivity index (χ1v) is 8.83. The number of nitrogens with zero attached hydrogens (tertiary/aromatic N) is 2. The molecule has 1 aromatic rings. The number of aryl methyl sites for hydroxylation is 1. The second-order valence-electron chi connectivity index (χ2n) is 6.67. The minimum absolute atomic E-state index is 0.00311. The highest BCUT2D eigenvalue weighted by atomic mass is 35.5. The highest BCUT2D eigenvalue weighted by Crippen LogP contribution is 2.44. The van der Waals surface area contributed by atoms with Gasteiger partial charge in [-0.05, 0) is 30.9 Å². The van der Waals surface area contributed by atoms with Crippen molar-refractivity contribution in [1.82, 2.24) is 15.6 Å². The van der Waals surface area contributed by atoms with Gasteiger partial charge in [0.1, 0.15) is 11.7 Å². The molecule has 2 aliphatic rings. The number of carbonyl (C=O) groups is 2. The lowest BCUT2D eigenvalue weighted by molar-refractivity contribution is -0.128. The highest BCUT2D eigenvalue weighted by Gasteiger charge is 2.59. The number of aromatic nitrogens is 1. The van der Waals surface area contributed by atoms with E-state index in [1.54, 1.807) is 12.3 Å². The molecule has 0 radical (unpaired) electrons. The van der Waals surface area contributed by atoms with Crippen LogP contribution in [0.4, 0.5) is 14.9 Å². The van der Waals surface area contributed by atoms with Crippen LogP contribution >= 0.6 is 23.2 Å². The van der Waals surface area contributed by atoms with Crippen molar-refractivity contribution in [1.29, 1.82) is 0 Å². The molecule has 6 nitrogen and oxygen atoms in total. The van der Waals surface area contributed by atoms with Crippen molar-refractivity contribution in [2.24, 2.45) is 5.92 Å². The Bertz CT molecular complexity index is 732. The number of piperidine rings is 1. The Hall–Kier alpha value is -1.44. The van der Waals surface area contributed by atoms with Gasteiger partial charge in [-0.15, -0.1) is 11.6 Å². The number of alkyl halides is 3. The third-order valence-corrected chi connectivity index (χ3v) is 5.50. The number of anilines is 1. The van der Waals surface area contributed by atoms with Gasteiger partial charge < -0.3 is 0 Å². The molecule has 9 heteroatoms. The number of amides is 3. The zero-order chi connectivity index (χ0) is 18.5. The van der Waals surface area contributed by atoms with E-state index in [0.717, 1.165) is 5.56 Å². The first kappa shape index (κ1) is 18.4. The van der Waals surface area contributed by atoms with Crippen molar-refractivity contribution in [3.05, 3.63) is 23.5 Å². The Morgan fingerprint density at radius 3 is 2.76 bits per heavy atom. The minimum Gasteiger partial charge on any atom is -0.277 e. The lowest BCUT2D eigenvalue weighted by Crippen LogP contribution is -2.75. The van der Waals surface area contributed by atoms with Crippen molar-refractivity contribution in [3.63, 3.8) is 0 Å². The molecule has 1 aromatic heterocycles. The Balaban J connectivity index is 2.18. The zero-order valence-electron chi connectivity index (χ0n) is 14.0. The number of rotatable bonds is 2. The van der Waals surface area contributed by atoms with E-state index in [0.29, 0.717) is 11.4 Å². The molecule has 0 saturated carbocycles. The van der Waals surface area contributed by atoms with Crippen molar-refractivity contribution in [2.75, 3.05) is 4.90 Å². The largest absolute Gasteiger partial charge is 0.331 e. The maximum atomic E-state index is 14.1. The van der Waals surface area contributed by atoms with E-state index in [9.17, 15) is 14.0 Å². The van der Waals surface area contributed by atoms with Crippen LogP contribution in [0.1, 0.15) is 37.4 Å². The normalized spacial score (nSPS) is 32.6. The third-order valence-electron chi connectivity index (χ3n) is 4.58. The Kier molecular flexibility index (Phi) is 4.68. The van der Waals surface area contributed by atoms with Gasteiger partial charge in [-0.1, -0.05) is 25.4 Å². The lowest BCUT2D eigenvalue weighted by Gasteiger charge is -2.51. The molecule has 25 heavy (non-hydrogen) atoms. The van der Waals surface area contributed by atoms with Crippen LogP contribution in [0.3, 0.4) is 0 Å². The Morgan fingerprint density at radius 2 is 2.12 bits per heavy atom. The van der Waals surface area contributed by atoms with Crippen LogP contribution in [0.15, 0.2) is 12.3 Å².